The van der Waals surface area contributed by atoms with Crippen molar-refractivity contribution in [2.75, 3.05) is 5.73 Å². The van der Waals surface area contributed by atoms with E-state index >= 15 is 0 Å². The summed E-state index contributed by atoms with van der Waals surface area (Å²) in [5, 5.41) is 4.64. The molecule has 12 heavy (non-hydrogen) atoms. The van der Waals surface area contributed by atoms with E-state index in [1.807, 2.05) is 19.9 Å². The highest BCUT2D eigenvalue weighted by atomic mass is 16.5. The fourth-order valence-electron chi connectivity index (χ4n) is 1.27. The van der Waals surface area contributed by atoms with Gasteiger partial charge in [-0.05, 0) is 19.9 Å². The summed E-state index contributed by atoms with van der Waals surface area (Å²) in [4.78, 5) is 4.24. The number of hydrogen-bond acceptors (Lipinski definition) is 4. The maximum Gasteiger partial charge on any atom is 0.230 e. The molecule has 0 aliphatic rings. The van der Waals surface area contributed by atoms with Crippen LogP contribution in [0.2, 0.25) is 0 Å². The second-order valence-corrected chi connectivity index (χ2v) is 2.79. The molecule has 4 heteroatoms. The molecular formula is C8H9N3O. The summed E-state index contributed by atoms with van der Waals surface area (Å²) in [6, 6.07) is 1.87. The normalized spacial score (nSPS) is 10.8. The Labute approximate surface area is 69.4 Å². The summed E-state index contributed by atoms with van der Waals surface area (Å²) in [6.07, 6.45) is 0. The van der Waals surface area contributed by atoms with Gasteiger partial charge in [0.25, 0.3) is 0 Å². The molecule has 4 nitrogen and oxygen atoms in total. The van der Waals surface area contributed by atoms with E-state index in [1.165, 1.54) is 0 Å². The Balaban J connectivity index is 2.92. The van der Waals surface area contributed by atoms with Gasteiger partial charge in [-0.2, -0.15) is 0 Å². The second kappa shape index (κ2) is 2.20. The highest BCUT2D eigenvalue weighted by Crippen LogP contribution is 2.22. The number of aryl methyl sites for hydroxylation is 2. The minimum atomic E-state index is 0.360. The van der Waals surface area contributed by atoms with Crippen molar-refractivity contribution < 1.29 is 4.52 Å². The van der Waals surface area contributed by atoms with Crippen molar-refractivity contribution in [2.45, 2.75) is 13.8 Å². The highest BCUT2D eigenvalue weighted by molar-refractivity contribution is 5.88. The molecule has 0 aliphatic heterocycles. The van der Waals surface area contributed by atoms with Crippen molar-refractivity contribution in [1.29, 1.82) is 0 Å². The first-order chi connectivity index (χ1) is 5.68. The van der Waals surface area contributed by atoms with Gasteiger partial charge in [0.05, 0.1) is 11.1 Å². The number of aromatic nitrogens is 2. The zero-order chi connectivity index (χ0) is 8.72. The Kier molecular flexibility index (Phi) is 1.30. The molecule has 0 saturated carbocycles. The van der Waals surface area contributed by atoms with Crippen LogP contribution in [0.15, 0.2) is 10.6 Å². The number of pyridine rings is 1. The topological polar surface area (TPSA) is 64.9 Å². The van der Waals surface area contributed by atoms with Crippen molar-refractivity contribution in [3.05, 3.63) is 17.5 Å². The average molecular weight is 163 g/mol. The molecule has 0 radical (unpaired) electrons. The van der Waals surface area contributed by atoms with Crippen LogP contribution in [0.3, 0.4) is 0 Å². The molecule has 0 bridgehead atoms. The maximum absolute atomic E-state index is 5.56. The molecule has 0 aliphatic carbocycles. The molecule has 2 heterocycles. The van der Waals surface area contributed by atoms with Crippen LogP contribution in [0.5, 0.6) is 0 Å². The lowest BCUT2D eigenvalue weighted by Crippen LogP contribution is -1.88. The van der Waals surface area contributed by atoms with Gasteiger partial charge in [-0.3, -0.25) is 4.98 Å². The van der Waals surface area contributed by atoms with E-state index in [0.29, 0.717) is 5.88 Å². The lowest BCUT2D eigenvalue weighted by atomic mass is 10.2. The molecular weight excluding hydrogens is 154 g/mol. The van der Waals surface area contributed by atoms with E-state index in [4.69, 9.17) is 10.3 Å². The molecule has 0 spiro atoms. The van der Waals surface area contributed by atoms with Crippen LogP contribution in [0.4, 0.5) is 5.88 Å². The van der Waals surface area contributed by atoms with Gasteiger partial charge in [-0.15, -0.1) is 0 Å². The second-order valence-electron chi connectivity index (χ2n) is 2.79. The van der Waals surface area contributed by atoms with E-state index in [-0.39, 0.29) is 0 Å². The molecule has 0 aromatic carbocycles. The number of anilines is 1. The Hall–Kier alpha value is -1.58. The summed E-state index contributed by atoms with van der Waals surface area (Å²) in [5.74, 6) is 0.360. The van der Waals surface area contributed by atoms with Crippen LogP contribution in [-0.2, 0) is 0 Å². The van der Waals surface area contributed by atoms with Crippen LogP contribution in [0.1, 0.15) is 11.4 Å². The Morgan fingerprint density at radius 1 is 1.42 bits per heavy atom. The van der Waals surface area contributed by atoms with Crippen LogP contribution < -0.4 is 5.73 Å². The lowest BCUT2D eigenvalue weighted by molar-refractivity contribution is 0.445. The summed E-state index contributed by atoms with van der Waals surface area (Å²) in [7, 11) is 0. The smallest absolute Gasteiger partial charge is 0.230 e. The van der Waals surface area contributed by atoms with Crippen molar-refractivity contribution in [1.82, 2.24) is 10.1 Å². The van der Waals surface area contributed by atoms with E-state index in [1.54, 1.807) is 0 Å². The fraction of sp³-hybridized carbons (Fsp3) is 0.250. The minimum Gasteiger partial charge on any atom is -0.367 e. The van der Waals surface area contributed by atoms with Crippen molar-refractivity contribution in [3.8, 4) is 0 Å². The Morgan fingerprint density at radius 3 is 2.92 bits per heavy atom. The van der Waals surface area contributed by atoms with Crippen molar-refractivity contribution in [3.63, 3.8) is 0 Å². The predicted molar refractivity (Wildman–Crippen MR) is 45.7 cm³/mol. The van der Waals surface area contributed by atoms with Crippen LogP contribution in [0, 0.1) is 13.8 Å². The first-order valence-electron chi connectivity index (χ1n) is 3.67. The van der Waals surface area contributed by atoms with Gasteiger partial charge in [-0.25, -0.2) is 0 Å². The monoisotopic (exact) mass is 163 g/mol. The first kappa shape index (κ1) is 7.09. The third-order valence-corrected chi connectivity index (χ3v) is 1.80. The van der Waals surface area contributed by atoms with Crippen LogP contribution in [-0.4, -0.2) is 10.1 Å². The molecule has 2 rings (SSSR count). The van der Waals surface area contributed by atoms with Gasteiger partial charge in [0.2, 0.25) is 5.88 Å². The molecule has 2 N–H and O–H groups in total. The van der Waals surface area contributed by atoms with Crippen molar-refractivity contribution in [2.24, 2.45) is 0 Å². The largest absolute Gasteiger partial charge is 0.367 e. The maximum atomic E-state index is 5.56. The molecule has 0 amide bonds. The molecule has 2 aromatic heterocycles. The zero-order valence-electron chi connectivity index (χ0n) is 6.96. The van der Waals surface area contributed by atoms with E-state index in [0.717, 1.165) is 22.3 Å². The summed E-state index contributed by atoms with van der Waals surface area (Å²) in [5.41, 5.74) is 8.08. The van der Waals surface area contributed by atoms with Gasteiger partial charge < -0.3 is 10.3 Å². The van der Waals surface area contributed by atoms with Crippen LogP contribution >= 0.6 is 0 Å². The quantitative estimate of drug-likeness (QED) is 0.637. The standard InChI is InChI=1S/C8H9N3O/c1-4-3-6-7(5(2)10-4)11-12-8(6)9/h3H,9H2,1-2H3. The number of fused-ring (bicyclic) bond motifs is 1. The fourth-order valence-corrected chi connectivity index (χ4v) is 1.27. The van der Waals surface area contributed by atoms with Gasteiger partial charge >= 0.3 is 0 Å². The highest BCUT2D eigenvalue weighted by Gasteiger charge is 2.08. The number of nitrogens with two attached hydrogens (primary N) is 1. The van der Waals surface area contributed by atoms with Crippen molar-refractivity contribution >= 4 is 16.8 Å². The number of hydrogen-bond donors (Lipinski definition) is 1. The molecule has 0 fully saturated rings. The summed E-state index contributed by atoms with van der Waals surface area (Å²) in [6.45, 7) is 3.80. The Morgan fingerprint density at radius 2 is 2.17 bits per heavy atom. The molecule has 0 unspecified atom stereocenters. The van der Waals surface area contributed by atoms with Gasteiger partial charge in [0.1, 0.15) is 5.52 Å². The van der Waals surface area contributed by atoms with Gasteiger partial charge in [-0.1, -0.05) is 5.16 Å². The summed E-state index contributed by atoms with van der Waals surface area (Å²) < 4.78 is 4.84. The number of rotatable bonds is 0. The van der Waals surface area contributed by atoms with E-state index < -0.39 is 0 Å². The zero-order valence-corrected chi connectivity index (χ0v) is 6.96. The Bertz CT molecular complexity index is 433. The van der Waals surface area contributed by atoms with Gasteiger partial charge in [0, 0.05) is 5.69 Å². The average Bonchev–Trinajstić information content (AvgIpc) is 2.33. The predicted octanol–water partition coefficient (Wildman–Crippen LogP) is 1.42. The lowest BCUT2D eigenvalue weighted by Gasteiger charge is -1.94. The van der Waals surface area contributed by atoms with Gasteiger partial charge in [0.15, 0.2) is 0 Å². The first-order valence-corrected chi connectivity index (χ1v) is 3.67. The summed E-state index contributed by atoms with van der Waals surface area (Å²) >= 11 is 0. The van der Waals surface area contributed by atoms with E-state index in [2.05, 4.69) is 10.1 Å². The molecule has 0 saturated heterocycles. The molecule has 2 aromatic rings. The van der Waals surface area contributed by atoms with Crippen LogP contribution in [0.25, 0.3) is 10.9 Å². The SMILES string of the molecule is Cc1cc2c(N)onc2c(C)n1. The van der Waals surface area contributed by atoms with E-state index in [9.17, 15) is 0 Å². The molecule has 62 valence electrons. The number of nitrogens with zero attached hydrogens (tertiary/aromatic N) is 2. The third-order valence-electron chi connectivity index (χ3n) is 1.80. The third kappa shape index (κ3) is 0.845. The number of nitrogen functional groups attached to an aromatic ring is 1. The molecule has 0 atom stereocenters. The minimum absolute atomic E-state index is 0.360.